The highest BCUT2D eigenvalue weighted by Gasteiger charge is 2.17. The minimum Gasteiger partial charge on any atom is -0.496 e. The number of likely N-dealkylation sites (N-methyl/N-ethyl adjacent to an activating group) is 1. The Hall–Kier alpha value is -3.22. The summed E-state index contributed by atoms with van der Waals surface area (Å²) in [6.07, 6.45) is -0.0198. The van der Waals surface area contributed by atoms with Crippen molar-refractivity contribution in [2.75, 3.05) is 26.0 Å². The maximum Gasteiger partial charge on any atom is 0.243 e. The summed E-state index contributed by atoms with van der Waals surface area (Å²) in [5, 5.41) is 2.54. The molecule has 0 fully saturated rings. The predicted octanol–water partition coefficient (Wildman–Crippen LogP) is 2.68. The normalized spacial score (nSPS) is 10.2. The summed E-state index contributed by atoms with van der Waals surface area (Å²) < 4.78 is 18.4. The zero-order valence-corrected chi connectivity index (χ0v) is 15.4. The van der Waals surface area contributed by atoms with E-state index in [0.717, 1.165) is 0 Å². The number of ether oxygens (including phenoxy) is 1. The van der Waals surface area contributed by atoms with Crippen LogP contribution in [0.25, 0.3) is 0 Å². The average Bonchev–Trinajstić information content (AvgIpc) is 2.61. The number of hydrogen-bond acceptors (Lipinski definition) is 4. The van der Waals surface area contributed by atoms with Crippen LogP contribution in [0.5, 0.6) is 5.75 Å². The highest BCUT2D eigenvalue weighted by molar-refractivity contribution is 5.96. The second kappa shape index (κ2) is 8.93. The molecule has 0 spiro atoms. The van der Waals surface area contributed by atoms with E-state index >= 15 is 0 Å². The summed E-state index contributed by atoms with van der Waals surface area (Å²) in [7, 11) is 2.97. The van der Waals surface area contributed by atoms with Crippen molar-refractivity contribution >= 4 is 23.3 Å². The summed E-state index contributed by atoms with van der Waals surface area (Å²) in [6, 6.07) is 10.4. The lowest BCUT2D eigenvalue weighted by Crippen LogP contribution is -2.35. The van der Waals surface area contributed by atoms with Crippen LogP contribution in [0.1, 0.15) is 22.8 Å². The number of methoxy groups -OCH3 is 1. The fraction of sp³-hybridized carbons (Fsp3) is 0.250. The molecule has 27 heavy (non-hydrogen) atoms. The third-order valence-electron chi connectivity index (χ3n) is 3.94. The standard InChI is InChI=1S/C20H21FN2O4/c1-13(24)14-7-8-18(27-3)15(9-14)10-20(26)23(2)12-19(25)22-17-6-4-5-16(21)11-17/h4-9,11H,10,12H2,1-3H3,(H,22,25). The number of anilines is 1. The first-order valence-corrected chi connectivity index (χ1v) is 8.27. The Kier molecular flexibility index (Phi) is 6.65. The number of carbonyl (C=O) groups is 3. The molecule has 2 aromatic rings. The second-order valence-electron chi connectivity index (χ2n) is 6.07. The molecule has 0 atom stereocenters. The van der Waals surface area contributed by atoms with E-state index in [1.54, 1.807) is 24.3 Å². The van der Waals surface area contributed by atoms with Gasteiger partial charge in [-0.2, -0.15) is 0 Å². The molecule has 0 radical (unpaired) electrons. The first-order valence-electron chi connectivity index (χ1n) is 8.27. The van der Waals surface area contributed by atoms with Gasteiger partial charge in [0.1, 0.15) is 11.6 Å². The third-order valence-corrected chi connectivity index (χ3v) is 3.94. The molecule has 0 bridgehead atoms. The molecule has 2 aromatic carbocycles. The quantitative estimate of drug-likeness (QED) is 0.758. The number of hydrogen-bond donors (Lipinski definition) is 1. The Morgan fingerprint density at radius 2 is 1.89 bits per heavy atom. The molecule has 2 rings (SSSR count). The summed E-state index contributed by atoms with van der Waals surface area (Å²) in [6.45, 7) is 1.25. The van der Waals surface area contributed by atoms with Crippen LogP contribution in [0, 0.1) is 5.82 Å². The minimum absolute atomic E-state index is 0.0198. The Morgan fingerprint density at radius 1 is 1.15 bits per heavy atom. The third kappa shape index (κ3) is 5.64. The number of carbonyl (C=O) groups excluding carboxylic acids is 3. The number of ketones is 1. The minimum atomic E-state index is -0.463. The van der Waals surface area contributed by atoms with Gasteiger partial charge in [0.05, 0.1) is 20.1 Å². The number of benzene rings is 2. The maximum absolute atomic E-state index is 13.2. The first kappa shape index (κ1) is 20.1. The Morgan fingerprint density at radius 3 is 2.52 bits per heavy atom. The lowest BCUT2D eigenvalue weighted by Gasteiger charge is -2.18. The van der Waals surface area contributed by atoms with Gasteiger partial charge in [-0.25, -0.2) is 4.39 Å². The molecule has 0 saturated carbocycles. The molecule has 0 aliphatic heterocycles. The van der Waals surface area contributed by atoms with Crippen molar-refractivity contribution in [2.45, 2.75) is 13.3 Å². The Labute approximate surface area is 156 Å². The largest absolute Gasteiger partial charge is 0.496 e. The fourth-order valence-corrected chi connectivity index (χ4v) is 2.50. The van der Waals surface area contributed by atoms with Crippen LogP contribution in [-0.4, -0.2) is 43.2 Å². The van der Waals surface area contributed by atoms with Crippen LogP contribution in [0.3, 0.4) is 0 Å². The zero-order chi connectivity index (χ0) is 20.0. The first-order chi connectivity index (χ1) is 12.8. The Balaban J connectivity index is 2.02. The van der Waals surface area contributed by atoms with Gasteiger partial charge in [-0.15, -0.1) is 0 Å². The van der Waals surface area contributed by atoms with Gasteiger partial charge in [-0.1, -0.05) is 6.07 Å². The molecule has 7 heteroatoms. The maximum atomic E-state index is 13.2. The van der Waals surface area contributed by atoms with Crippen molar-refractivity contribution in [3.05, 3.63) is 59.4 Å². The van der Waals surface area contributed by atoms with Crippen molar-refractivity contribution in [3.63, 3.8) is 0 Å². The van der Waals surface area contributed by atoms with E-state index in [1.807, 2.05) is 0 Å². The van der Waals surface area contributed by atoms with Crippen LogP contribution in [0.4, 0.5) is 10.1 Å². The van der Waals surface area contributed by atoms with Crippen molar-refractivity contribution < 1.29 is 23.5 Å². The molecule has 0 saturated heterocycles. The van der Waals surface area contributed by atoms with Gasteiger partial charge in [0.25, 0.3) is 0 Å². The number of nitrogens with one attached hydrogen (secondary N) is 1. The summed E-state index contributed by atoms with van der Waals surface area (Å²) in [5.41, 5.74) is 1.36. The van der Waals surface area contributed by atoms with Gasteiger partial charge in [0.2, 0.25) is 11.8 Å². The van der Waals surface area contributed by atoms with E-state index in [-0.39, 0.29) is 24.7 Å². The van der Waals surface area contributed by atoms with Crippen LogP contribution in [0.2, 0.25) is 0 Å². The lowest BCUT2D eigenvalue weighted by molar-refractivity contribution is -0.132. The topological polar surface area (TPSA) is 75.7 Å². The van der Waals surface area contributed by atoms with E-state index in [9.17, 15) is 18.8 Å². The Bertz CT molecular complexity index is 867. The number of amides is 2. The second-order valence-corrected chi connectivity index (χ2v) is 6.07. The number of Topliss-reactive ketones (excluding diaryl/α,β-unsaturated/α-hetero) is 1. The molecule has 2 amide bonds. The zero-order valence-electron chi connectivity index (χ0n) is 15.4. The molecule has 1 N–H and O–H groups in total. The van der Waals surface area contributed by atoms with Gasteiger partial charge in [0.15, 0.2) is 5.78 Å². The molecule has 0 unspecified atom stereocenters. The van der Waals surface area contributed by atoms with Gasteiger partial charge in [-0.3, -0.25) is 14.4 Å². The van der Waals surface area contributed by atoms with Gasteiger partial charge < -0.3 is 15.0 Å². The average molecular weight is 372 g/mol. The van der Waals surface area contributed by atoms with E-state index in [2.05, 4.69) is 5.32 Å². The van der Waals surface area contributed by atoms with Crippen LogP contribution in [0.15, 0.2) is 42.5 Å². The van der Waals surface area contributed by atoms with E-state index in [0.29, 0.717) is 22.6 Å². The summed E-state index contributed by atoms with van der Waals surface area (Å²) in [4.78, 5) is 37.3. The smallest absolute Gasteiger partial charge is 0.243 e. The highest BCUT2D eigenvalue weighted by atomic mass is 19.1. The highest BCUT2D eigenvalue weighted by Crippen LogP contribution is 2.21. The SMILES string of the molecule is COc1ccc(C(C)=O)cc1CC(=O)N(C)CC(=O)Nc1cccc(F)c1. The fourth-order valence-electron chi connectivity index (χ4n) is 2.50. The molecule has 0 heterocycles. The van der Waals surface area contributed by atoms with Crippen molar-refractivity contribution in [1.29, 1.82) is 0 Å². The number of rotatable bonds is 7. The van der Waals surface area contributed by atoms with Gasteiger partial charge in [0, 0.05) is 23.9 Å². The molecular formula is C20H21FN2O4. The number of nitrogens with zero attached hydrogens (tertiary/aromatic N) is 1. The molecule has 0 aromatic heterocycles. The van der Waals surface area contributed by atoms with Gasteiger partial charge >= 0.3 is 0 Å². The number of halogens is 1. The molecule has 6 nitrogen and oxygen atoms in total. The van der Waals surface area contributed by atoms with Gasteiger partial charge in [-0.05, 0) is 43.3 Å². The van der Waals surface area contributed by atoms with Crippen molar-refractivity contribution in [2.24, 2.45) is 0 Å². The van der Waals surface area contributed by atoms with Crippen LogP contribution >= 0.6 is 0 Å². The van der Waals surface area contributed by atoms with E-state index < -0.39 is 11.7 Å². The van der Waals surface area contributed by atoms with Crippen LogP contribution < -0.4 is 10.1 Å². The monoisotopic (exact) mass is 372 g/mol. The van der Waals surface area contributed by atoms with Crippen molar-refractivity contribution in [3.8, 4) is 5.75 Å². The predicted molar refractivity (Wildman–Crippen MR) is 99.4 cm³/mol. The lowest BCUT2D eigenvalue weighted by atomic mass is 10.0. The molecule has 142 valence electrons. The summed E-state index contributed by atoms with van der Waals surface area (Å²) >= 11 is 0. The molecular weight excluding hydrogens is 351 g/mol. The van der Waals surface area contributed by atoms with E-state index in [1.165, 1.54) is 44.2 Å². The molecule has 0 aliphatic rings. The van der Waals surface area contributed by atoms with Crippen LogP contribution in [-0.2, 0) is 16.0 Å². The van der Waals surface area contributed by atoms with E-state index in [4.69, 9.17) is 4.74 Å². The summed E-state index contributed by atoms with van der Waals surface area (Å²) in [5.74, 6) is -0.848. The van der Waals surface area contributed by atoms with Crippen molar-refractivity contribution in [1.82, 2.24) is 4.90 Å². The molecule has 0 aliphatic carbocycles.